The molecule has 0 saturated heterocycles. The van der Waals surface area contributed by atoms with E-state index in [9.17, 15) is 10.4 Å². The summed E-state index contributed by atoms with van der Waals surface area (Å²) in [5.41, 5.74) is 4.38. The SMILES string of the molecule is Cc1c(C#N)ccc(-c2ccccc2)c1OC(C)C(O)CCc1cccnc1. The van der Waals surface area contributed by atoms with Crippen LogP contribution in [0.15, 0.2) is 67.0 Å². The van der Waals surface area contributed by atoms with Gasteiger partial charge in [-0.15, -0.1) is 0 Å². The number of nitriles is 1. The topological polar surface area (TPSA) is 66.1 Å². The Labute approximate surface area is 166 Å². The Morgan fingerprint density at radius 2 is 1.89 bits per heavy atom. The van der Waals surface area contributed by atoms with E-state index in [4.69, 9.17) is 4.74 Å². The van der Waals surface area contributed by atoms with E-state index in [0.717, 1.165) is 28.7 Å². The molecule has 0 aliphatic carbocycles. The van der Waals surface area contributed by atoms with E-state index in [1.807, 2.05) is 74.6 Å². The molecular weight excluding hydrogens is 348 g/mol. The molecule has 0 aliphatic rings. The molecule has 1 aromatic heterocycles. The lowest BCUT2D eigenvalue weighted by Crippen LogP contribution is -2.29. The molecule has 0 saturated carbocycles. The molecule has 1 heterocycles. The zero-order valence-electron chi connectivity index (χ0n) is 16.2. The zero-order valence-corrected chi connectivity index (χ0v) is 16.2. The second-order valence-electron chi connectivity index (χ2n) is 6.88. The third-order valence-electron chi connectivity index (χ3n) is 4.91. The van der Waals surface area contributed by atoms with Gasteiger partial charge in [-0.1, -0.05) is 36.4 Å². The highest BCUT2D eigenvalue weighted by Gasteiger charge is 2.20. The first kappa shape index (κ1) is 19.6. The fraction of sp³-hybridized carbons (Fsp3) is 0.250. The van der Waals surface area contributed by atoms with Crippen LogP contribution in [0.25, 0.3) is 11.1 Å². The summed E-state index contributed by atoms with van der Waals surface area (Å²) in [7, 11) is 0. The zero-order chi connectivity index (χ0) is 19.9. The Kier molecular flexibility index (Phi) is 6.41. The number of aryl methyl sites for hydroxylation is 1. The third kappa shape index (κ3) is 4.57. The minimum atomic E-state index is -0.631. The van der Waals surface area contributed by atoms with Gasteiger partial charge in [-0.25, -0.2) is 0 Å². The average Bonchev–Trinajstić information content (AvgIpc) is 2.74. The smallest absolute Gasteiger partial charge is 0.131 e. The molecule has 28 heavy (non-hydrogen) atoms. The summed E-state index contributed by atoms with van der Waals surface area (Å²) in [6, 6.07) is 19.8. The van der Waals surface area contributed by atoms with Crippen molar-refractivity contribution in [2.24, 2.45) is 0 Å². The van der Waals surface area contributed by atoms with Crippen LogP contribution in [0.5, 0.6) is 5.75 Å². The summed E-state index contributed by atoms with van der Waals surface area (Å²) in [4.78, 5) is 4.11. The molecule has 0 fully saturated rings. The van der Waals surface area contributed by atoms with Crippen LogP contribution in [0.3, 0.4) is 0 Å². The second-order valence-corrected chi connectivity index (χ2v) is 6.88. The molecule has 4 heteroatoms. The predicted octanol–water partition coefficient (Wildman–Crippen LogP) is 4.69. The van der Waals surface area contributed by atoms with E-state index in [1.54, 1.807) is 6.20 Å². The van der Waals surface area contributed by atoms with E-state index in [2.05, 4.69) is 11.1 Å². The van der Waals surface area contributed by atoms with Gasteiger partial charge in [0.05, 0.1) is 17.7 Å². The largest absolute Gasteiger partial charge is 0.487 e. The van der Waals surface area contributed by atoms with Crippen molar-refractivity contribution in [2.75, 3.05) is 0 Å². The maximum atomic E-state index is 10.6. The molecule has 0 spiro atoms. The van der Waals surface area contributed by atoms with Crippen LogP contribution in [0, 0.1) is 18.3 Å². The number of ether oxygens (including phenoxy) is 1. The van der Waals surface area contributed by atoms with E-state index in [1.165, 1.54) is 0 Å². The lowest BCUT2D eigenvalue weighted by atomic mass is 9.98. The van der Waals surface area contributed by atoms with Crippen LogP contribution in [0.4, 0.5) is 0 Å². The van der Waals surface area contributed by atoms with Crippen molar-refractivity contribution in [3.63, 3.8) is 0 Å². The van der Waals surface area contributed by atoms with Crippen molar-refractivity contribution in [1.29, 1.82) is 5.26 Å². The first-order valence-electron chi connectivity index (χ1n) is 9.43. The number of pyridine rings is 1. The Morgan fingerprint density at radius 1 is 1.11 bits per heavy atom. The van der Waals surface area contributed by atoms with Gasteiger partial charge in [-0.05, 0) is 56.0 Å². The van der Waals surface area contributed by atoms with Crippen molar-refractivity contribution < 1.29 is 9.84 Å². The van der Waals surface area contributed by atoms with Gasteiger partial charge in [0, 0.05) is 23.5 Å². The number of nitrogens with zero attached hydrogens (tertiary/aromatic N) is 2. The maximum Gasteiger partial charge on any atom is 0.131 e. The third-order valence-corrected chi connectivity index (χ3v) is 4.91. The number of hydrogen-bond acceptors (Lipinski definition) is 4. The molecule has 0 amide bonds. The van der Waals surface area contributed by atoms with Gasteiger partial charge in [0.2, 0.25) is 0 Å². The first-order chi connectivity index (χ1) is 13.6. The summed E-state index contributed by atoms with van der Waals surface area (Å²) in [6.45, 7) is 3.75. The Hall–Kier alpha value is -3.16. The van der Waals surface area contributed by atoms with E-state index in [0.29, 0.717) is 17.7 Å². The van der Waals surface area contributed by atoms with Gasteiger partial charge >= 0.3 is 0 Å². The highest BCUT2D eigenvalue weighted by molar-refractivity contribution is 5.74. The number of aromatic nitrogens is 1. The van der Waals surface area contributed by atoms with Gasteiger partial charge in [-0.3, -0.25) is 4.98 Å². The summed E-state index contributed by atoms with van der Waals surface area (Å²) in [5, 5.41) is 20.0. The number of aliphatic hydroxyl groups is 1. The highest BCUT2D eigenvalue weighted by atomic mass is 16.5. The van der Waals surface area contributed by atoms with Crippen molar-refractivity contribution >= 4 is 0 Å². The second kappa shape index (κ2) is 9.16. The molecule has 2 aromatic carbocycles. The predicted molar refractivity (Wildman–Crippen MR) is 110 cm³/mol. The van der Waals surface area contributed by atoms with Gasteiger partial charge < -0.3 is 9.84 Å². The van der Waals surface area contributed by atoms with Crippen LogP contribution in [0.2, 0.25) is 0 Å². The minimum Gasteiger partial charge on any atom is -0.487 e. The van der Waals surface area contributed by atoms with Crippen LogP contribution in [0.1, 0.15) is 30.0 Å². The molecule has 2 atom stereocenters. The van der Waals surface area contributed by atoms with Crippen LogP contribution in [-0.4, -0.2) is 22.3 Å². The Morgan fingerprint density at radius 3 is 2.57 bits per heavy atom. The van der Waals surface area contributed by atoms with E-state index in [-0.39, 0.29) is 0 Å². The monoisotopic (exact) mass is 372 g/mol. The van der Waals surface area contributed by atoms with Crippen molar-refractivity contribution in [1.82, 2.24) is 4.98 Å². The van der Waals surface area contributed by atoms with E-state index < -0.39 is 12.2 Å². The first-order valence-corrected chi connectivity index (χ1v) is 9.43. The fourth-order valence-electron chi connectivity index (χ4n) is 3.17. The molecule has 1 N–H and O–H groups in total. The number of hydrogen-bond donors (Lipinski definition) is 1. The van der Waals surface area contributed by atoms with E-state index >= 15 is 0 Å². The molecule has 2 unspecified atom stereocenters. The molecule has 3 aromatic rings. The average molecular weight is 372 g/mol. The standard InChI is InChI=1S/C24H24N2O2/c1-17-21(15-25)11-12-22(20-8-4-3-5-9-20)24(17)28-18(2)23(27)13-10-19-7-6-14-26-16-19/h3-9,11-12,14,16,18,23,27H,10,13H2,1-2H3. The van der Waals surface area contributed by atoms with Gasteiger partial charge in [0.1, 0.15) is 11.9 Å². The van der Waals surface area contributed by atoms with Crippen LogP contribution < -0.4 is 4.74 Å². The molecular formula is C24H24N2O2. The summed E-state index contributed by atoms with van der Waals surface area (Å²) in [5.74, 6) is 0.651. The number of benzene rings is 2. The van der Waals surface area contributed by atoms with Crippen LogP contribution in [-0.2, 0) is 6.42 Å². The summed E-state index contributed by atoms with van der Waals surface area (Å²) in [6.07, 6.45) is 3.81. The molecule has 0 aliphatic heterocycles. The van der Waals surface area contributed by atoms with Crippen molar-refractivity contribution in [3.8, 4) is 22.9 Å². The maximum absolute atomic E-state index is 10.6. The van der Waals surface area contributed by atoms with Crippen LogP contribution >= 0.6 is 0 Å². The van der Waals surface area contributed by atoms with Crippen molar-refractivity contribution in [3.05, 3.63) is 83.7 Å². The highest BCUT2D eigenvalue weighted by Crippen LogP contribution is 2.35. The number of rotatable bonds is 7. The van der Waals surface area contributed by atoms with Gasteiger partial charge in [-0.2, -0.15) is 5.26 Å². The molecule has 0 radical (unpaired) electrons. The quantitative estimate of drug-likeness (QED) is 0.653. The normalized spacial score (nSPS) is 12.8. The molecule has 142 valence electrons. The molecule has 0 bridgehead atoms. The molecule has 3 rings (SSSR count). The number of aliphatic hydroxyl groups excluding tert-OH is 1. The lowest BCUT2D eigenvalue weighted by Gasteiger charge is -2.24. The lowest BCUT2D eigenvalue weighted by molar-refractivity contribution is 0.0419. The summed E-state index contributed by atoms with van der Waals surface area (Å²) >= 11 is 0. The molecule has 4 nitrogen and oxygen atoms in total. The Bertz CT molecular complexity index is 950. The minimum absolute atomic E-state index is 0.410. The van der Waals surface area contributed by atoms with Crippen molar-refractivity contribution in [2.45, 2.75) is 38.9 Å². The van der Waals surface area contributed by atoms with Gasteiger partial charge in [0.25, 0.3) is 0 Å². The van der Waals surface area contributed by atoms with Gasteiger partial charge in [0.15, 0.2) is 0 Å². The summed E-state index contributed by atoms with van der Waals surface area (Å²) < 4.78 is 6.21. The fourth-order valence-corrected chi connectivity index (χ4v) is 3.17. The Balaban J connectivity index is 1.81.